The maximum Gasteiger partial charge on any atom is 0.418 e. The van der Waals surface area contributed by atoms with Gasteiger partial charge in [-0.2, -0.15) is 0 Å². The Labute approximate surface area is 87.9 Å². The molecule has 0 spiro atoms. The summed E-state index contributed by atoms with van der Waals surface area (Å²) in [5, 5.41) is 0. The maximum absolute atomic E-state index is 11.4. The van der Waals surface area contributed by atoms with Gasteiger partial charge in [-0.25, -0.2) is 4.79 Å². The first-order valence-electron chi connectivity index (χ1n) is 4.70. The zero-order valence-electron chi connectivity index (χ0n) is 8.17. The van der Waals surface area contributed by atoms with Gasteiger partial charge in [-0.3, -0.25) is 4.57 Å². The Morgan fingerprint density at radius 1 is 1.07 bits per heavy atom. The van der Waals surface area contributed by atoms with Crippen molar-refractivity contribution in [3.05, 3.63) is 60.4 Å². The molecule has 1 aromatic heterocycles. The summed E-state index contributed by atoms with van der Waals surface area (Å²) in [7, 11) is 0. The second-order valence-corrected chi connectivity index (χ2v) is 3.13. The molecule has 0 N–H and O–H groups in total. The van der Waals surface area contributed by atoms with Crippen molar-refractivity contribution in [1.82, 2.24) is 4.57 Å². The Balaban J connectivity index is 1.92. The van der Waals surface area contributed by atoms with Gasteiger partial charge in [0.25, 0.3) is 0 Å². The Hall–Kier alpha value is -2.03. The molecule has 15 heavy (non-hydrogen) atoms. The van der Waals surface area contributed by atoms with Crippen LogP contribution in [0.2, 0.25) is 0 Å². The summed E-state index contributed by atoms with van der Waals surface area (Å²) < 4.78 is 6.50. The standard InChI is InChI=1S/C12H11NO2/c14-12(13-8-4-5-9-13)15-10-11-6-2-1-3-7-11/h1-9H,10H2. The van der Waals surface area contributed by atoms with Crippen LogP contribution in [0.1, 0.15) is 5.56 Å². The Kier molecular flexibility index (Phi) is 2.83. The summed E-state index contributed by atoms with van der Waals surface area (Å²) in [6, 6.07) is 13.2. The van der Waals surface area contributed by atoms with Crippen LogP contribution in [0.3, 0.4) is 0 Å². The molecule has 1 aromatic carbocycles. The van der Waals surface area contributed by atoms with E-state index in [9.17, 15) is 4.79 Å². The van der Waals surface area contributed by atoms with Gasteiger partial charge in [0.1, 0.15) is 6.61 Å². The molecular formula is C12H11NO2. The van der Waals surface area contributed by atoms with Crippen molar-refractivity contribution in [1.29, 1.82) is 0 Å². The van der Waals surface area contributed by atoms with E-state index in [2.05, 4.69) is 0 Å². The van der Waals surface area contributed by atoms with E-state index in [1.807, 2.05) is 30.3 Å². The maximum atomic E-state index is 11.4. The van der Waals surface area contributed by atoms with Crippen LogP contribution < -0.4 is 0 Å². The number of carbonyl (C=O) groups excluding carboxylic acids is 1. The average molecular weight is 201 g/mol. The fourth-order valence-electron chi connectivity index (χ4n) is 1.25. The summed E-state index contributed by atoms with van der Waals surface area (Å²) in [6.45, 7) is 0.303. The van der Waals surface area contributed by atoms with Crippen molar-refractivity contribution in [2.24, 2.45) is 0 Å². The molecule has 0 radical (unpaired) electrons. The normalized spacial score (nSPS) is 9.87. The lowest BCUT2D eigenvalue weighted by Crippen LogP contribution is -2.11. The molecule has 0 aliphatic rings. The molecule has 0 atom stereocenters. The molecule has 3 heteroatoms. The first kappa shape index (κ1) is 9.52. The minimum Gasteiger partial charge on any atom is -0.444 e. The number of rotatable bonds is 2. The smallest absolute Gasteiger partial charge is 0.418 e. The summed E-state index contributed by atoms with van der Waals surface area (Å²) in [5.41, 5.74) is 0.984. The molecule has 0 amide bonds. The second kappa shape index (κ2) is 4.46. The molecule has 3 nitrogen and oxygen atoms in total. The van der Waals surface area contributed by atoms with Crippen molar-refractivity contribution >= 4 is 6.09 Å². The SMILES string of the molecule is O=C(OCc1ccccc1)n1cccc1. The number of nitrogens with zero attached hydrogens (tertiary/aromatic N) is 1. The molecule has 1 heterocycles. The lowest BCUT2D eigenvalue weighted by molar-refractivity contribution is 0.141. The first-order chi connectivity index (χ1) is 7.36. The fourth-order valence-corrected chi connectivity index (χ4v) is 1.25. The van der Waals surface area contributed by atoms with Gasteiger partial charge in [-0.1, -0.05) is 30.3 Å². The summed E-state index contributed by atoms with van der Waals surface area (Å²) >= 11 is 0. The lowest BCUT2D eigenvalue weighted by atomic mass is 10.2. The molecule has 0 aliphatic heterocycles. The van der Waals surface area contributed by atoms with E-state index in [0.717, 1.165) is 5.56 Å². The Morgan fingerprint density at radius 3 is 2.40 bits per heavy atom. The number of benzene rings is 1. The van der Waals surface area contributed by atoms with Crippen LogP contribution in [0.4, 0.5) is 4.79 Å². The third-order valence-electron chi connectivity index (χ3n) is 2.02. The molecule has 0 bridgehead atoms. The molecule has 76 valence electrons. The monoisotopic (exact) mass is 201 g/mol. The van der Waals surface area contributed by atoms with Crippen LogP contribution >= 0.6 is 0 Å². The lowest BCUT2D eigenvalue weighted by Gasteiger charge is -2.04. The molecular weight excluding hydrogens is 190 g/mol. The van der Waals surface area contributed by atoms with E-state index < -0.39 is 0 Å². The van der Waals surface area contributed by atoms with E-state index in [-0.39, 0.29) is 6.09 Å². The quantitative estimate of drug-likeness (QED) is 0.748. The molecule has 0 aliphatic carbocycles. The fraction of sp³-hybridized carbons (Fsp3) is 0.0833. The zero-order chi connectivity index (χ0) is 10.5. The molecule has 0 unspecified atom stereocenters. The number of ether oxygens (including phenoxy) is 1. The summed E-state index contributed by atoms with van der Waals surface area (Å²) in [6.07, 6.45) is 2.96. The average Bonchev–Trinajstić information content (AvgIpc) is 2.81. The van der Waals surface area contributed by atoms with Gasteiger partial charge in [0.05, 0.1) is 0 Å². The largest absolute Gasteiger partial charge is 0.444 e. The van der Waals surface area contributed by atoms with E-state index in [4.69, 9.17) is 4.74 Å². The highest BCUT2D eigenvalue weighted by Crippen LogP contribution is 2.02. The molecule has 2 aromatic rings. The molecule has 0 saturated carbocycles. The van der Waals surface area contributed by atoms with Crippen molar-refractivity contribution in [2.75, 3.05) is 0 Å². The van der Waals surface area contributed by atoms with E-state index in [1.54, 1.807) is 24.5 Å². The number of carbonyl (C=O) groups is 1. The molecule has 2 rings (SSSR count). The van der Waals surface area contributed by atoms with Crippen LogP contribution in [0.15, 0.2) is 54.9 Å². The van der Waals surface area contributed by atoms with Gasteiger partial charge >= 0.3 is 6.09 Å². The number of hydrogen-bond acceptors (Lipinski definition) is 2. The van der Waals surface area contributed by atoms with Gasteiger partial charge in [-0.15, -0.1) is 0 Å². The van der Waals surface area contributed by atoms with E-state index >= 15 is 0 Å². The first-order valence-corrected chi connectivity index (χ1v) is 4.70. The third-order valence-corrected chi connectivity index (χ3v) is 2.02. The highest BCUT2D eigenvalue weighted by Gasteiger charge is 2.03. The zero-order valence-corrected chi connectivity index (χ0v) is 8.17. The molecule has 0 fully saturated rings. The Morgan fingerprint density at radius 2 is 1.73 bits per heavy atom. The van der Waals surface area contributed by atoms with Crippen LogP contribution in [0.25, 0.3) is 0 Å². The van der Waals surface area contributed by atoms with Gasteiger partial charge in [-0.05, 0) is 17.7 Å². The van der Waals surface area contributed by atoms with Crippen molar-refractivity contribution in [3.63, 3.8) is 0 Å². The summed E-state index contributed by atoms with van der Waals surface area (Å²) in [5.74, 6) is 0. The van der Waals surface area contributed by atoms with Crippen molar-refractivity contribution in [3.8, 4) is 0 Å². The highest BCUT2D eigenvalue weighted by atomic mass is 16.5. The van der Waals surface area contributed by atoms with E-state index in [1.165, 1.54) is 4.57 Å². The van der Waals surface area contributed by atoms with E-state index in [0.29, 0.717) is 6.61 Å². The predicted octanol–water partition coefficient (Wildman–Crippen LogP) is 2.67. The van der Waals surface area contributed by atoms with Gasteiger partial charge in [0, 0.05) is 12.4 Å². The summed E-state index contributed by atoms with van der Waals surface area (Å²) in [4.78, 5) is 11.4. The van der Waals surface area contributed by atoms with Gasteiger partial charge in [0.15, 0.2) is 0 Å². The van der Waals surface area contributed by atoms with Crippen molar-refractivity contribution < 1.29 is 9.53 Å². The van der Waals surface area contributed by atoms with Crippen LogP contribution in [0, 0.1) is 0 Å². The van der Waals surface area contributed by atoms with Gasteiger partial charge < -0.3 is 4.74 Å². The second-order valence-electron chi connectivity index (χ2n) is 3.13. The topological polar surface area (TPSA) is 31.2 Å². The minimum absolute atomic E-state index is 0.303. The number of hydrogen-bond donors (Lipinski definition) is 0. The van der Waals surface area contributed by atoms with Crippen LogP contribution in [-0.2, 0) is 11.3 Å². The third kappa shape index (κ3) is 2.47. The highest BCUT2D eigenvalue weighted by molar-refractivity contribution is 5.70. The number of aromatic nitrogens is 1. The van der Waals surface area contributed by atoms with Gasteiger partial charge in [0.2, 0.25) is 0 Å². The minimum atomic E-state index is -0.358. The Bertz CT molecular complexity index is 420. The molecule has 0 saturated heterocycles. The van der Waals surface area contributed by atoms with Crippen molar-refractivity contribution in [2.45, 2.75) is 6.61 Å². The predicted molar refractivity (Wildman–Crippen MR) is 56.5 cm³/mol. The van der Waals surface area contributed by atoms with Crippen LogP contribution in [-0.4, -0.2) is 10.7 Å². The van der Waals surface area contributed by atoms with Crippen LogP contribution in [0.5, 0.6) is 0 Å².